The van der Waals surface area contributed by atoms with Crippen LogP contribution in [0.5, 0.6) is 0 Å². The molecule has 3 unspecified atom stereocenters. The molecular formula is C14H29N3. The highest BCUT2D eigenvalue weighted by Gasteiger charge is 2.33. The molecule has 2 rings (SSSR count). The molecular weight excluding hydrogens is 210 g/mol. The third-order valence-corrected chi connectivity index (χ3v) is 4.42. The molecule has 2 aliphatic rings. The minimum atomic E-state index is 0.747. The zero-order valence-electron chi connectivity index (χ0n) is 11.8. The van der Waals surface area contributed by atoms with E-state index in [9.17, 15) is 0 Å². The van der Waals surface area contributed by atoms with Gasteiger partial charge in [0.25, 0.3) is 0 Å². The van der Waals surface area contributed by atoms with E-state index >= 15 is 0 Å². The largest absolute Gasteiger partial charge is 0.317 e. The Labute approximate surface area is 107 Å². The summed E-state index contributed by atoms with van der Waals surface area (Å²) >= 11 is 0. The average Bonchev–Trinajstić information content (AvgIpc) is 2.75. The standard InChI is InChI=1S/C14H29N3/c1-4-15-10-14-8-9-16(11-14)17-12(2)6-5-7-13(17)3/h12-15H,4-11H2,1-3H3. The molecule has 100 valence electrons. The van der Waals surface area contributed by atoms with Crippen LogP contribution in [-0.2, 0) is 0 Å². The van der Waals surface area contributed by atoms with Gasteiger partial charge in [-0.2, -0.15) is 0 Å². The molecule has 17 heavy (non-hydrogen) atoms. The number of hydrogen-bond acceptors (Lipinski definition) is 3. The minimum Gasteiger partial charge on any atom is -0.317 e. The van der Waals surface area contributed by atoms with Gasteiger partial charge >= 0.3 is 0 Å². The van der Waals surface area contributed by atoms with Crippen molar-refractivity contribution in [1.29, 1.82) is 0 Å². The van der Waals surface area contributed by atoms with Gasteiger partial charge in [0.15, 0.2) is 0 Å². The van der Waals surface area contributed by atoms with Crippen molar-refractivity contribution in [3.05, 3.63) is 0 Å². The van der Waals surface area contributed by atoms with E-state index in [1.165, 1.54) is 45.3 Å². The Morgan fingerprint density at radius 2 is 1.82 bits per heavy atom. The van der Waals surface area contributed by atoms with E-state index in [0.29, 0.717) is 0 Å². The molecule has 0 spiro atoms. The van der Waals surface area contributed by atoms with Gasteiger partial charge in [0.1, 0.15) is 0 Å². The van der Waals surface area contributed by atoms with Crippen LogP contribution in [0.15, 0.2) is 0 Å². The lowest BCUT2D eigenvalue weighted by Gasteiger charge is -2.44. The normalized spacial score (nSPS) is 36.5. The van der Waals surface area contributed by atoms with Crippen LogP contribution in [0.25, 0.3) is 0 Å². The Kier molecular flexibility index (Phi) is 4.83. The van der Waals surface area contributed by atoms with Gasteiger partial charge in [0.2, 0.25) is 0 Å². The molecule has 1 N–H and O–H groups in total. The minimum absolute atomic E-state index is 0.747. The molecule has 0 radical (unpaired) electrons. The van der Waals surface area contributed by atoms with Gasteiger partial charge in [0, 0.05) is 25.2 Å². The second kappa shape index (κ2) is 6.17. The summed E-state index contributed by atoms with van der Waals surface area (Å²) in [7, 11) is 0. The highest BCUT2D eigenvalue weighted by Crippen LogP contribution is 2.28. The van der Waals surface area contributed by atoms with Crippen molar-refractivity contribution in [2.24, 2.45) is 5.92 Å². The van der Waals surface area contributed by atoms with Gasteiger partial charge in [-0.1, -0.05) is 13.3 Å². The molecule has 3 nitrogen and oxygen atoms in total. The zero-order valence-corrected chi connectivity index (χ0v) is 11.8. The molecule has 0 aromatic heterocycles. The topological polar surface area (TPSA) is 18.5 Å². The van der Waals surface area contributed by atoms with E-state index in [1.54, 1.807) is 0 Å². The molecule has 0 aromatic carbocycles. The SMILES string of the molecule is CCNCC1CCN(N2C(C)CCCC2C)C1. The first-order valence-electron chi connectivity index (χ1n) is 7.46. The number of hydrazine groups is 1. The number of nitrogens with one attached hydrogen (secondary N) is 1. The van der Waals surface area contributed by atoms with Crippen LogP contribution in [0.2, 0.25) is 0 Å². The molecule has 2 aliphatic heterocycles. The second-order valence-electron chi connectivity index (χ2n) is 5.88. The molecule has 2 saturated heterocycles. The highest BCUT2D eigenvalue weighted by atomic mass is 15.7. The van der Waals surface area contributed by atoms with E-state index < -0.39 is 0 Å². The van der Waals surface area contributed by atoms with Crippen LogP contribution >= 0.6 is 0 Å². The first-order valence-corrected chi connectivity index (χ1v) is 7.46. The Balaban J connectivity index is 1.85. The Bertz CT molecular complexity index is 222. The summed E-state index contributed by atoms with van der Waals surface area (Å²) < 4.78 is 0. The highest BCUT2D eigenvalue weighted by molar-refractivity contribution is 4.83. The van der Waals surface area contributed by atoms with Crippen LogP contribution in [0, 0.1) is 5.92 Å². The summed E-state index contributed by atoms with van der Waals surface area (Å²) in [6.45, 7) is 11.8. The van der Waals surface area contributed by atoms with Crippen LogP contribution in [0.3, 0.4) is 0 Å². The fourth-order valence-electron chi connectivity index (χ4n) is 3.50. The number of hydrogen-bond donors (Lipinski definition) is 1. The van der Waals surface area contributed by atoms with Crippen molar-refractivity contribution in [3.8, 4) is 0 Å². The molecule has 0 amide bonds. The summed E-state index contributed by atoms with van der Waals surface area (Å²) in [5.41, 5.74) is 0. The van der Waals surface area contributed by atoms with E-state index in [2.05, 4.69) is 36.1 Å². The monoisotopic (exact) mass is 239 g/mol. The van der Waals surface area contributed by atoms with Crippen LogP contribution in [-0.4, -0.2) is 48.3 Å². The Morgan fingerprint density at radius 1 is 1.12 bits per heavy atom. The van der Waals surface area contributed by atoms with Crippen molar-refractivity contribution in [3.63, 3.8) is 0 Å². The molecule has 2 heterocycles. The maximum Gasteiger partial charge on any atom is 0.0220 e. The van der Waals surface area contributed by atoms with Crippen LogP contribution in [0.4, 0.5) is 0 Å². The molecule has 0 saturated carbocycles. The Hall–Kier alpha value is -0.120. The lowest BCUT2D eigenvalue weighted by Crippen LogP contribution is -2.53. The van der Waals surface area contributed by atoms with Gasteiger partial charge in [-0.25, -0.2) is 10.0 Å². The number of nitrogens with zero attached hydrogens (tertiary/aromatic N) is 2. The molecule has 3 heteroatoms. The van der Waals surface area contributed by atoms with Crippen molar-refractivity contribution in [2.75, 3.05) is 26.2 Å². The van der Waals surface area contributed by atoms with Crippen molar-refractivity contribution in [1.82, 2.24) is 15.3 Å². The summed E-state index contributed by atoms with van der Waals surface area (Å²) in [6.07, 6.45) is 5.52. The van der Waals surface area contributed by atoms with E-state index in [4.69, 9.17) is 0 Å². The van der Waals surface area contributed by atoms with Gasteiger partial charge in [-0.15, -0.1) is 0 Å². The number of rotatable bonds is 4. The smallest absolute Gasteiger partial charge is 0.0220 e. The summed E-state index contributed by atoms with van der Waals surface area (Å²) in [4.78, 5) is 0. The van der Waals surface area contributed by atoms with Gasteiger partial charge < -0.3 is 5.32 Å². The van der Waals surface area contributed by atoms with Gasteiger partial charge in [-0.05, 0) is 52.1 Å². The lowest BCUT2D eigenvalue weighted by molar-refractivity contribution is -0.0914. The quantitative estimate of drug-likeness (QED) is 0.810. The predicted molar refractivity (Wildman–Crippen MR) is 72.8 cm³/mol. The van der Waals surface area contributed by atoms with E-state index in [-0.39, 0.29) is 0 Å². The second-order valence-corrected chi connectivity index (χ2v) is 5.88. The summed E-state index contributed by atoms with van der Waals surface area (Å²) in [5.74, 6) is 0.858. The predicted octanol–water partition coefficient (Wildman–Crippen LogP) is 2.10. The lowest BCUT2D eigenvalue weighted by atomic mass is 9.99. The number of piperidine rings is 1. The van der Waals surface area contributed by atoms with Gasteiger partial charge in [-0.3, -0.25) is 0 Å². The first-order chi connectivity index (χ1) is 8.22. The fourth-order valence-corrected chi connectivity index (χ4v) is 3.50. The average molecular weight is 239 g/mol. The third kappa shape index (κ3) is 3.21. The summed E-state index contributed by atoms with van der Waals surface area (Å²) in [6, 6.07) is 1.49. The fraction of sp³-hybridized carbons (Fsp3) is 1.00. The summed E-state index contributed by atoms with van der Waals surface area (Å²) in [5, 5.41) is 8.80. The van der Waals surface area contributed by atoms with Crippen molar-refractivity contribution < 1.29 is 0 Å². The first kappa shape index (κ1) is 13.3. The van der Waals surface area contributed by atoms with Crippen molar-refractivity contribution in [2.45, 2.75) is 58.5 Å². The van der Waals surface area contributed by atoms with Crippen molar-refractivity contribution >= 4 is 0 Å². The third-order valence-electron chi connectivity index (χ3n) is 4.42. The van der Waals surface area contributed by atoms with Gasteiger partial charge in [0.05, 0.1) is 0 Å². The van der Waals surface area contributed by atoms with Crippen LogP contribution < -0.4 is 5.32 Å². The molecule has 0 aliphatic carbocycles. The molecule has 3 atom stereocenters. The zero-order chi connectivity index (χ0) is 12.3. The van der Waals surface area contributed by atoms with E-state index in [0.717, 1.165) is 24.5 Å². The molecule has 0 bridgehead atoms. The van der Waals surface area contributed by atoms with Crippen LogP contribution in [0.1, 0.15) is 46.5 Å². The van der Waals surface area contributed by atoms with E-state index in [1.807, 2.05) is 0 Å². The maximum absolute atomic E-state index is 3.49. The maximum atomic E-state index is 3.49. The molecule has 0 aromatic rings. The molecule has 2 fully saturated rings. The Morgan fingerprint density at radius 3 is 2.47 bits per heavy atom.